The number of carbonyl (C=O) groups excluding carboxylic acids is 3. The molecule has 15 heteroatoms. The Balaban J connectivity index is 4.97. The van der Waals surface area contributed by atoms with E-state index in [2.05, 4.69) is 20.9 Å². The molecular formula is C18H33N7O7S. The fourth-order valence-corrected chi connectivity index (χ4v) is 2.96. The molecular weight excluding hydrogens is 458 g/mol. The Morgan fingerprint density at radius 1 is 0.939 bits per heavy atom. The van der Waals surface area contributed by atoms with E-state index in [0.717, 1.165) is 0 Å². The zero-order chi connectivity index (χ0) is 25.6. The Hall–Kier alpha value is -3.07. The summed E-state index contributed by atoms with van der Waals surface area (Å²) in [6.45, 7) is 1.60. The zero-order valence-corrected chi connectivity index (χ0v) is 19.4. The van der Waals surface area contributed by atoms with Crippen molar-refractivity contribution >= 4 is 47.4 Å². The van der Waals surface area contributed by atoms with Crippen LogP contribution in [0.5, 0.6) is 0 Å². The maximum Gasteiger partial charge on any atom is 0.326 e. The molecule has 14 nitrogen and oxygen atoms in total. The van der Waals surface area contributed by atoms with Gasteiger partial charge in [0.05, 0.1) is 12.5 Å². The lowest BCUT2D eigenvalue weighted by molar-refractivity contribution is -0.147. The third-order valence-electron chi connectivity index (χ3n) is 4.29. The summed E-state index contributed by atoms with van der Waals surface area (Å²) in [6, 6.07) is -4.73. The number of guanidine groups is 1. The van der Waals surface area contributed by atoms with Gasteiger partial charge in [-0.2, -0.15) is 11.8 Å². The van der Waals surface area contributed by atoms with Crippen LogP contribution in [0.25, 0.3) is 0 Å². The summed E-state index contributed by atoms with van der Waals surface area (Å²) in [7, 11) is 0. The smallest absolute Gasteiger partial charge is 0.326 e. The van der Waals surface area contributed by atoms with Gasteiger partial charge in [-0.05, 0) is 38.2 Å². The summed E-state index contributed by atoms with van der Waals surface area (Å²) in [4.78, 5) is 62.9. The van der Waals surface area contributed by atoms with Gasteiger partial charge in [-0.15, -0.1) is 0 Å². The molecule has 0 aliphatic carbocycles. The number of thioether (sulfide) groups is 1. The van der Waals surface area contributed by atoms with Gasteiger partial charge in [-0.25, -0.2) is 4.79 Å². The Kier molecular flexibility index (Phi) is 14.2. The lowest BCUT2D eigenvalue weighted by Crippen LogP contribution is -2.56. The number of hydrogen-bond donors (Lipinski definition) is 8. The quantitative estimate of drug-likeness (QED) is 0.0619. The topological polar surface area (TPSA) is 252 Å². The maximum absolute atomic E-state index is 12.6. The highest BCUT2D eigenvalue weighted by molar-refractivity contribution is 7.98. The van der Waals surface area contributed by atoms with E-state index in [4.69, 9.17) is 27.4 Å². The number of nitrogens with zero attached hydrogens (tertiary/aromatic N) is 1. The molecule has 0 bridgehead atoms. The molecule has 11 N–H and O–H groups in total. The Bertz CT molecular complexity index is 731. The van der Waals surface area contributed by atoms with Crippen LogP contribution in [0.3, 0.4) is 0 Å². The van der Waals surface area contributed by atoms with E-state index in [9.17, 15) is 24.0 Å². The van der Waals surface area contributed by atoms with Gasteiger partial charge in [0.1, 0.15) is 18.1 Å². The van der Waals surface area contributed by atoms with Crippen molar-refractivity contribution in [3.63, 3.8) is 0 Å². The highest BCUT2D eigenvalue weighted by atomic mass is 32.2. The van der Waals surface area contributed by atoms with Crippen molar-refractivity contribution in [2.45, 2.75) is 56.8 Å². The molecule has 33 heavy (non-hydrogen) atoms. The van der Waals surface area contributed by atoms with Gasteiger partial charge in [-0.3, -0.25) is 24.2 Å². The summed E-state index contributed by atoms with van der Waals surface area (Å²) < 4.78 is 0. The summed E-state index contributed by atoms with van der Waals surface area (Å²) >= 11 is 1.44. The second-order valence-electron chi connectivity index (χ2n) is 7.13. The van der Waals surface area contributed by atoms with Crippen LogP contribution in [-0.4, -0.2) is 88.6 Å². The van der Waals surface area contributed by atoms with Crippen molar-refractivity contribution in [1.82, 2.24) is 16.0 Å². The van der Waals surface area contributed by atoms with E-state index in [1.54, 1.807) is 0 Å². The molecule has 0 fully saturated rings. The number of aliphatic carboxylic acids is 2. The van der Waals surface area contributed by atoms with Crippen LogP contribution < -0.4 is 33.2 Å². The predicted octanol–water partition coefficient (Wildman–Crippen LogP) is -2.85. The fourth-order valence-electron chi connectivity index (χ4n) is 2.48. The molecule has 0 spiro atoms. The molecule has 0 saturated heterocycles. The SMILES string of the molecule is CSCCC(NC(=O)C(N)CCCN=C(N)N)C(=O)NC(C)C(=O)NC(CC(=O)O)C(=O)O. The first-order valence-electron chi connectivity index (χ1n) is 10.0. The van der Waals surface area contributed by atoms with Gasteiger partial charge < -0.3 is 43.4 Å². The van der Waals surface area contributed by atoms with Crippen molar-refractivity contribution < 1.29 is 34.2 Å². The van der Waals surface area contributed by atoms with Crippen LogP contribution in [0, 0.1) is 0 Å². The van der Waals surface area contributed by atoms with Crippen molar-refractivity contribution in [2.75, 3.05) is 18.6 Å². The van der Waals surface area contributed by atoms with Crippen LogP contribution in [0.2, 0.25) is 0 Å². The number of nitrogens with one attached hydrogen (secondary N) is 3. The number of amides is 3. The van der Waals surface area contributed by atoms with Crippen molar-refractivity contribution in [2.24, 2.45) is 22.2 Å². The molecule has 0 aliphatic rings. The minimum atomic E-state index is -1.65. The van der Waals surface area contributed by atoms with Crippen molar-refractivity contribution in [3.8, 4) is 0 Å². The van der Waals surface area contributed by atoms with E-state index in [0.29, 0.717) is 18.7 Å². The fraction of sp³-hybridized carbons (Fsp3) is 0.667. The molecule has 0 saturated carbocycles. The summed E-state index contributed by atoms with van der Waals surface area (Å²) in [6.07, 6.45) is 1.97. The monoisotopic (exact) mass is 491 g/mol. The van der Waals surface area contributed by atoms with Crippen LogP contribution in [0.1, 0.15) is 32.6 Å². The average molecular weight is 492 g/mol. The van der Waals surface area contributed by atoms with Crippen LogP contribution in [0.15, 0.2) is 4.99 Å². The third-order valence-corrected chi connectivity index (χ3v) is 4.94. The van der Waals surface area contributed by atoms with E-state index >= 15 is 0 Å². The number of hydrogen-bond acceptors (Lipinski definition) is 8. The first-order chi connectivity index (χ1) is 15.4. The summed E-state index contributed by atoms with van der Waals surface area (Å²) in [5.41, 5.74) is 16.3. The lowest BCUT2D eigenvalue weighted by Gasteiger charge is -2.23. The van der Waals surface area contributed by atoms with E-state index < -0.39 is 60.2 Å². The zero-order valence-electron chi connectivity index (χ0n) is 18.6. The molecule has 0 aromatic rings. The van der Waals surface area contributed by atoms with Gasteiger partial charge in [0.2, 0.25) is 17.7 Å². The highest BCUT2D eigenvalue weighted by Crippen LogP contribution is 2.04. The van der Waals surface area contributed by atoms with Crippen molar-refractivity contribution in [3.05, 3.63) is 0 Å². The highest BCUT2D eigenvalue weighted by Gasteiger charge is 2.29. The normalized spacial score (nSPS) is 14.2. The van der Waals surface area contributed by atoms with Crippen LogP contribution in [0.4, 0.5) is 0 Å². The largest absolute Gasteiger partial charge is 0.481 e. The molecule has 0 heterocycles. The van der Waals surface area contributed by atoms with Crippen LogP contribution in [-0.2, 0) is 24.0 Å². The van der Waals surface area contributed by atoms with Crippen molar-refractivity contribution in [1.29, 1.82) is 0 Å². The van der Waals surface area contributed by atoms with Gasteiger partial charge in [-0.1, -0.05) is 0 Å². The minimum absolute atomic E-state index is 0.0717. The predicted molar refractivity (Wildman–Crippen MR) is 122 cm³/mol. The summed E-state index contributed by atoms with van der Waals surface area (Å²) in [5.74, 6) is -4.60. The molecule has 0 rings (SSSR count). The second kappa shape index (κ2) is 15.7. The van der Waals surface area contributed by atoms with Gasteiger partial charge in [0, 0.05) is 6.54 Å². The van der Waals surface area contributed by atoms with E-state index in [1.807, 2.05) is 6.26 Å². The van der Waals surface area contributed by atoms with Gasteiger partial charge in [0.15, 0.2) is 5.96 Å². The van der Waals surface area contributed by atoms with E-state index in [1.165, 1.54) is 18.7 Å². The standard InChI is InChI=1S/C18H33N7O7S/c1-9(14(28)25-12(17(31)32)8-13(26)27)23-16(30)11(5-7-33-2)24-15(29)10(19)4-3-6-22-18(20)21/h9-12H,3-8,19H2,1-2H3,(H,23,30)(H,24,29)(H,25,28)(H,26,27)(H,31,32)(H4,20,21,22). The lowest BCUT2D eigenvalue weighted by atomic mass is 10.1. The molecule has 0 aliphatic heterocycles. The molecule has 4 atom stereocenters. The van der Waals surface area contributed by atoms with Gasteiger partial charge in [0.25, 0.3) is 0 Å². The second-order valence-corrected chi connectivity index (χ2v) is 8.11. The minimum Gasteiger partial charge on any atom is -0.481 e. The number of aliphatic imine (C=N–C) groups is 1. The number of nitrogens with two attached hydrogens (primary N) is 3. The van der Waals surface area contributed by atoms with Gasteiger partial charge >= 0.3 is 11.9 Å². The first-order valence-corrected chi connectivity index (χ1v) is 11.4. The Morgan fingerprint density at radius 2 is 1.55 bits per heavy atom. The summed E-state index contributed by atoms with van der Waals surface area (Å²) in [5, 5.41) is 24.8. The molecule has 188 valence electrons. The molecule has 0 aromatic carbocycles. The number of carboxylic acids is 2. The molecule has 3 amide bonds. The maximum atomic E-state index is 12.6. The molecule has 0 radical (unpaired) electrons. The Labute approximate surface area is 195 Å². The van der Waals surface area contributed by atoms with E-state index in [-0.39, 0.29) is 18.8 Å². The number of rotatable bonds is 16. The molecule has 4 unspecified atom stereocenters. The average Bonchev–Trinajstić information content (AvgIpc) is 2.72. The third kappa shape index (κ3) is 13.2. The first kappa shape index (κ1) is 29.9. The number of carbonyl (C=O) groups is 5. The van der Waals surface area contributed by atoms with Crippen LogP contribution >= 0.6 is 11.8 Å². The molecule has 0 aromatic heterocycles. The Morgan fingerprint density at radius 3 is 2.06 bits per heavy atom. The number of carboxylic acid groups (broad SMARTS) is 2.